The summed E-state index contributed by atoms with van der Waals surface area (Å²) in [6, 6.07) is 2.06. The molecule has 0 aliphatic carbocycles. The zero-order valence-electron chi connectivity index (χ0n) is 13.4. The van der Waals surface area contributed by atoms with Crippen LogP contribution in [0.1, 0.15) is 52.4 Å². The Bertz CT molecular complexity index is 484. The molecular weight excluding hydrogens is 282 g/mol. The van der Waals surface area contributed by atoms with E-state index in [1.807, 2.05) is 13.8 Å². The van der Waals surface area contributed by atoms with Gasteiger partial charge in [-0.1, -0.05) is 0 Å². The Hall–Kier alpha value is -1.61. The molecule has 122 valence electrons. The van der Waals surface area contributed by atoms with Gasteiger partial charge in [-0.2, -0.15) is 5.26 Å². The van der Waals surface area contributed by atoms with Gasteiger partial charge in [0.1, 0.15) is 6.23 Å². The maximum Gasteiger partial charge on any atom is 0.224 e. The summed E-state index contributed by atoms with van der Waals surface area (Å²) in [4.78, 5) is 27.1. The summed E-state index contributed by atoms with van der Waals surface area (Å²) >= 11 is 0. The van der Waals surface area contributed by atoms with Crippen molar-refractivity contribution in [2.24, 2.45) is 5.41 Å². The number of aliphatic hydroxyl groups excluding tert-OH is 1. The average molecular weight is 307 g/mol. The standard InChI is InChI=1S/C16H25N3O3/c1-16(2,11-17)10-12(18-7-3-5-13(18)20)9-15(22)19-8-4-6-14(19)21/h12,15,22H,3-10H2,1-2H3. The predicted octanol–water partition coefficient (Wildman–Crippen LogP) is 1.25. The summed E-state index contributed by atoms with van der Waals surface area (Å²) in [6.07, 6.45) is 2.56. The van der Waals surface area contributed by atoms with Crippen molar-refractivity contribution in [3.8, 4) is 6.07 Å². The topological polar surface area (TPSA) is 84.6 Å². The lowest BCUT2D eigenvalue weighted by Crippen LogP contribution is -2.45. The van der Waals surface area contributed by atoms with E-state index in [0.717, 1.165) is 12.8 Å². The zero-order chi connectivity index (χ0) is 16.3. The van der Waals surface area contributed by atoms with Crippen molar-refractivity contribution in [2.75, 3.05) is 13.1 Å². The molecule has 0 radical (unpaired) electrons. The highest BCUT2D eigenvalue weighted by molar-refractivity contribution is 5.79. The lowest BCUT2D eigenvalue weighted by atomic mass is 9.85. The van der Waals surface area contributed by atoms with Gasteiger partial charge in [0.05, 0.1) is 11.5 Å². The molecule has 2 heterocycles. The number of nitrogens with zero attached hydrogens (tertiary/aromatic N) is 3. The van der Waals surface area contributed by atoms with Gasteiger partial charge in [-0.25, -0.2) is 0 Å². The van der Waals surface area contributed by atoms with Crippen LogP contribution >= 0.6 is 0 Å². The van der Waals surface area contributed by atoms with Crippen molar-refractivity contribution in [3.63, 3.8) is 0 Å². The molecule has 0 saturated carbocycles. The monoisotopic (exact) mass is 307 g/mol. The van der Waals surface area contributed by atoms with Gasteiger partial charge in [-0.15, -0.1) is 0 Å². The third kappa shape index (κ3) is 3.77. The molecule has 0 spiro atoms. The van der Waals surface area contributed by atoms with E-state index in [4.69, 9.17) is 0 Å². The normalized spacial score (nSPS) is 22.1. The van der Waals surface area contributed by atoms with E-state index in [1.165, 1.54) is 4.90 Å². The third-order valence-electron chi connectivity index (χ3n) is 4.55. The number of carbonyl (C=O) groups excluding carboxylic acids is 2. The minimum absolute atomic E-state index is 0.0291. The zero-order valence-corrected chi connectivity index (χ0v) is 13.4. The summed E-state index contributed by atoms with van der Waals surface area (Å²) < 4.78 is 0. The van der Waals surface area contributed by atoms with Gasteiger partial charge in [0.25, 0.3) is 0 Å². The number of nitriles is 1. The van der Waals surface area contributed by atoms with E-state index >= 15 is 0 Å². The Kier molecular flexibility index (Phi) is 5.07. The molecule has 0 aromatic carbocycles. The van der Waals surface area contributed by atoms with Gasteiger partial charge < -0.3 is 14.9 Å². The highest BCUT2D eigenvalue weighted by Crippen LogP contribution is 2.30. The summed E-state index contributed by atoms with van der Waals surface area (Å²) in [6.45, 7) is 4.93. The van der Waals surface area contributed by atoms with Crippen LogP contribution in [0.3, 0.4) is 0 Å². The molecule has 22 heavy (non-hydrogen) atoms. The van der Waals surface area contributed by atoms with E-state index in [-0.39, 0.29) is 17.9 Å². The van der Waals surface area contributed by atoms with Crippen LogP contribution in [0.4, 0.5) is 0 Å². The van der Waals surface area contributed by atoms with Crippen molar-refractivity contribution >= 4 is 11.8 Å². The van der Waals surface area contributed by atoms with Gasteiger partial charge in [-0.3, -0.25) is 9.59 Å². The van der Waals surface area contributed by atoms with Crippen LogP contribution in [-0.4, -0.2) is 52.1 Å². The first-order valence-corrected chi connectivity index (χ1v) is 8.02. The highest BCUT2D eigenvalue weighted by Gasteiger charge is 2.36. The minimum Gasteiger partial charge on any atom is -0.373 e. The number of likely N-dealkylation sites (tertiary alicyclic amines) is 2. The van der Waals surface area contributed by atoms with Crippen LogP contribution in [0.5, 0.6) is 0 Å². The lowest BCUT2D eigenvalue weighted by Gasteiger charge is -2.35. The molecule has 2 saturated heterocycles. The first kappa shape index (κ1) is 16.8. The van der Waals surface area contributed by atoms with E-state index in [1.54, 1.807) is 4.90 Å². The van der Waals surface area contributed by atoms with Gasteiger partial charge in [0, 0.05) is 38.4 Å². The summed E-state index contributed by atoms with van der Waals surface area (Å²) in [5.74, 6) is 0.0530. The Morgan fingerprint density at radius 3 is 2.18 bits per heavy atom. The first-order valence-electron chi connectivity index (χ1n) is 8.02. The van der Waals surface area contributed by atoms with E-state index in [2.05, 4.69) is 6.07 Å². The first-order chi connectivity index (χ1) is 10.3. The fraction of sp³-hybridized carbons (Fsp3) is 0.812. The maximum absolute atomic E-state index is 12.0. The average Bonchev–Trinajstić information content (AvgIpc) is 3.06. The van der Waals surface area contributed by atoms with Crippen LogP contribution < -0.4 is 0 Å². The number of rotatable bonds is 6. The van der Waals surface area contributed by atoms with Crippen molar-refractivity contribution in [1.82, 2.24) is 9.80 Å². The number of hydrogen-bond acceptors (Lipinski definition) is 4. The number of carbonyl (C=O) groups is 2. The van der Waals surface area contributed by atoms with E-state index in [9.17, 15) is 20.0 Å². The smallest absolute Gasteiger partial charge is 0.224 e. The second-order valence-corrected chi connectivity index (χ2v) is 6.95. The van der Waals surface area contributed by atoms with E-state index < -0.39 is 11.6 Å². The van der Waals surface area contributed by atoms with Gasteiger partial charge in [0.2, 0.25) is 11.8 Å². The SMILES string of the molecule is CC(C)(C#N)CC(CC(O)N1CCCC1=O)N1CCCC1=O. The summed E-state index contributed by atoms with van der Waals surface area (Å²) in [5, 5.41) is 19.6. The van der Waals surface area contributed by atoms with Crippen molar-refractivity contribution < 1.29 is 14.7 Å². The number of amides is 2. The molecule has 6 nitrogen and oxygen atoms in total. The molecule has 1 N–H and O–H groups in total. The molecule has 0 bridgehead atoms. The molecule has 2 unspecified atom stereocenters. The second-order valence-electron chi connectivity index (χ2n) is 6.95. The molecule has 2 aliphatic rings. The van der Waals surface area contributed by atoms with Gasteiger partial charge in [-0.05, 0) is 33.1 Å². The number of aliphatic hydroxyl groups is 1. The number of hydrogen-bond donors (Lipinski definition) is 1. The molecule has 0 aromatic heterocycles. The molecule has 2 atom stereocenters. The largest absolute Gasteiger partial charge is 0.373 e. The Balaban J connectivity index is 2.08. The van der Waals surface area contributed by atoms with Crippen LogP contribution in [0.2, 0.25) is 0 Å². The highest BCUT2D eigenvalue weighted by atomic mass is 16.3. The fourth-order valence-electron chi connectivity index (χ4n) is 3.37. The fourth-order valence-corrected chi connectivity index (χ4v) is 3.37. The van der Waals surface area contributed by atoms with Gasteiger partial charge >= 0.3 is 0 Å². The summed E-state index contributed by atoms with van der Waals surface area (Å²) in [5.41, 5.74) is -0.567. The molecule has 0 aromatic rings. The van der Waals surface area contributed by atoms with Crippen LogP contribution in [-0.2, 0) is 9.59 Å². The molecule has 2 fully saturated rings. The van der Waals surface area contributed by atoms with Crippen LogP contribution in [0.25, 0.3) is 0 Å². The van der Waals surface area contributed by atoms with Crippen molar-refractivity contribution in [1.29, 1.82) is 5.26 Å². The van der Waals surface area contributed by atoms with E-state index in [0.29, 0.717) is 38.8 Å². The Labute approximate surface area is 131 Å². The van der Waals surface area contributed by atoms with Gasteiger partial charge in [0.15, 0.2) is 0 Å². The predicted molar refractivity (Wildman–Crippen MR) is 80.3 cm³/mol. The molecular formula is C16H25N3O3. The second kappa shape index (κ2) is 6.66. The van der Waals surface area contributed by atoms with Crippen molar-refractivity contribution in [3.05, 3.63) is 0 Å². The molecule has 2 aliphatic heterocycles. The molecule has 6 heteroatoms. The van der Waals surface area contributed by atoms with Crippen molar-refractivity contribution in [2.45, 2.75) is 64.6 Å². The summed E-state index contributed by atoms with van der Waals surface area (Å²) in [7, 11) is 0. The molecule has 2 rings (SSSR count). The van der Waals surface area contributed by atoms with Crippen LogP contribution in [0, 0.1) is 16.7 Å². The third-order valence-corrected chi connectivity index (χ3v) is 4.55. The Morgan fingerprint density at radius 2 is 1.73 bits per heavy atom. The quantitative estimate of drug-likeness (QED) is 0.800. The lowest BCUT2D eigenvalue weighted by molar-refractivity contribution is -0.138. The van der Waals surface area contributed by atoms with Crippen LogP contribution in [0.15, 0.2) is 0 Å². The minimum atomic E-state index is -0.872. The molecule has 2 amide bonds. The maximum atomic E-state index is 12.0. The Morgan fingerprint density at radius 1 is 1.18 bits per heavy atom.